The van der Waals surface area contributed by atoms with E-state index in [2.05, 4.69) is 33.4 Å². The fourth-order valence-corrected chi connectivity index (χ4v) is 2.78. The SMILES string of the molecule is CCONC(=O)c1ccc([N+](=O)[O-])cc1Nc1ccc(I)cc1Cl. The van der Waals surface area contributed by atoms with Gasteiger partial charge in [-0.2, -0.15) is 0 Å². The van der Waals surface area contributed by atoms with Crippen LogP contribution in [0.4, 0.5) is 17.1 Å². The Labute approximate surface area is 156 Å². The van der Waals surface area contributed by atoms with E-state index in [0.717, 1.165) is 3.57 Å². The van der Waals surface area contributed by atoms with Crippen molar-refractivity contribution < 1.29 is 14.6 Å². The van der Waals surface area contributed by atoms with Crippen LogP contribution in [0.2, 0.25) is 5.02 Å². The van der Waals surface area contributed by atoms with Gasteiger partial charge in [0.05, 0.1) is 33.5 Å². The minimum absolute atomic E-state index is 0.146. The first kappa shape index (κ1) is 18.4. The second-order valence-corrected chi connectivity index (χ2v) is 6.25. The summed E-state index contributed by atoms with van der Waals surface area (Å²) in [4.78, 5) is 27.5. The topological polar surface area (TPSA) is 93.5 Å². The average Bonchev–Trinajstić information content (AvgIpc) is 2.55. The average molecular weight is 462 g/mol. The Morgan fingerprint density at radius 1 is 1.29 bits per heavy atom. The first-order chi connectivity index (χ1) is 11.4. The predicted octanol–water partition coefficient (Wildman–Crippen LogP) is 4.28. The van der Waals surface area contributed by atoms with Crippen molar-refractivity contribution in [2.75, 3.05) is 11.9 Å². The number of nitro benzene ring substituents is 1. The van der Waals surface area contributed by atoms with Crippen LogP contribution in [0, 0.1) is 13.7 Å². The number of non-ortho nitro benzene ring substituents is 1. The summed E-state index contributed by atoms with van der Waals surface area (Å²) in [5, 5.41) is 14.4. The molecule has 0 aliphatic carbocycles. The Hall–Kier alpha value is -1.91. The molecule has 0 aliphatic heterocycles. The summed E-state index contributed by atoms with van der Waals surface area (Å²) in [6, 6.07) is 9.17. The van der Waals surface area contributed by atoms with Crippen LogP contribution in [0.25, 0.3) is 0 Å². The highest BCUT2D eigenvalue weighted by molar-refractivity contribution is 14.1. The molecule has 0 bridgehead atoms. The number of hydrogen-bond acceptors (Lipinski definition) is 5. The monoisotopic (exact) mass is 461 g/mol. The highest BCUT2D eigenvalue weighted by atomic mass is 127. The van der Waals surface area contributed by atoms with Crippen LogP contribution in [0.5, 0.6) is 0 Å². The van der Waals surface area contributed by atoms with Gasteiger partial charge in [-0.1, -0.05) is 11.6 Å². The third kappa shape index (κ3) is 4.56. The molecule has 0 heterocycles. The number of carbonyl (C=O) groups is 1. The van der Waals surface area contributed by atoms with Crippen molar-refractivity contribution in [2.45, 2.75) is 6.92 Å². The Kier molecular flexibility index (Phi) is 6.35. The number of hydrogen-bond donors (Lipinski definition) is 2. The molecule has 9 heteroatoms. The van der Waals surface area contributed by atoms with E-state index in [1.807, 2.05) is 6.07 Å². The van der Waals surface area contributed by atoms with Crippen LogP contribution in [-0.2, 0) is 4.84 Å². The lowest BCUT2D eigenvalue weighted by Crippen LogP contribution is -2.24. The van der Waals surface area contributed by atoms with Crippen molar-refractivity contribution in [2.24, 2.45) is 0 Å². The molecule has 0 spiro atoms. The molecule has 126 valence electrons. The largest absolute Gasteiger partial charge is 0.353 e. The van der Waals surface area contributed by atoms with E-state index in [4.69, 9.17) is 16.4 Å². The molecule has 2 N–H and O–H groups in total. The summed E-state index contributed by atoms with van der Waals surface area (Å²) < 4.78 is 0.941. The van der Waals surface area contributed by atoms with Crippen LogP contribution in [0.3, 0.4) is 0 Å². The number of nitro groups is 1. The molecule has 1 amide bonds. The number of amides is 1. The van der Waals surface area contributed by atoms with Crippen LogP contribution in [-0.4, -0.2) is 17.4 Å². The zero-order chi connectivity index (χ0) is 17.7. The molecule has 0 aromatic heterocycles. The second kappa shape index (κ2) is 8.27. The van der Waals surface area contributed by atoms with E-state index in [9.17, 15) is 14.9 Å². The first-order valence-corrected chi connectivity index (χ1v) is 8.30. The van der Waals surface area contributed by atoms with Gasteiger partial charge in [-0.25, -0.2) is 5.48 Å². The van der Waals surface area contributed by atoms with E-state index >= 15 is 0 Å². The second-order valence-electron chi connectivity index (χ2n) is 4.60. The molecule has 2 rings (SSSR count). The van der Waals surface area contributed by atoms with Crippen molar-refractivity contribution in [1.82, 2.24) is 5.48 Å². The summed E-state index contributed by atoms with van der Waals surface area (Å²) >= 11 is 8.29. The predicted molar refractivity (Wildman–Crippen MR) is 99.6 cm³/mol. The van der Waals surface area contributed by atoms with E-state index in [1.165, 1.54) is 18.2 Å². The van der Waals surface area contributed by atoms with Gasteiger partial charge in [-0.15, -0.1) is 0 Å². The Balaban J connectivity index is 2.41. The fraction of sp³-hybridized carbons (Fsp3) is 0.133. The fourth-order valence-electron chi connectivity index (χ4n) is 1.88. The zero-order valence-electron chi connectivity index (χ0n) is 12.5. The van der Waals surface area contributed by atoms with Gasteiger partial charge in [-0.3, -0.25) is 19.7 Å². The normalized spacial score (nSPS) is 10.3. The number of nitrogens with zero attached hydrogens (tertiary/aromatic N) is 1. The highest BCUT2D eigenvalue weighted by Crippen LogP contribution is 2.30. The molecule has 0 saturated heterocycles. The molecule has 0 unspecified atom stereocenters. The van der Waals surface area contributed by atoms with E-state index in [-0.39, 0.29) is 16.9 Å². The maximum Gasteiger partial charge on any atom is 0.276 e. The summed E-state index contributed by atoms with van der Waals surface area (Å²) in [7, 11) is 0. The molecule has 2 aromatic rings. The van der Waals surface area contributed by atoms with Crippen LogP contribution < -0.4 is 10.8 Å². The van der Waals surface area contributed by atoms with E-state index in [0.29, 0.717) is 17.3 Å². The van der Waals surface area contributed by atoms with Gasteiger partial charge in [-0.05, 0) is 53.8 Å². The first-order valence-electron chi connectivity index (χ1n) is 6.85. The summed E-state index contributed by atoms with van der Waals surface area (Å²) in [5.74, 6) is -0.518. The number of hydroxylamine groups is 1. The van der Waals surface area contributed by atoms with Crippen molar-refractivity contribution >= 4 is 57.2 Å². The number of nitrogens with one attached hydrogen (secondary N) is 2. The highest BCUT2D eigenvalue weighted by Gasteiger charge is 2.17. The lowest BCUT2D eigenvalue weighted by molar-refractivity contribution is -0.384. The van der Waals surface area contributed by atoms with Crippen molar-refractivity contribution in [3.8, 4) is 0 Å². The Morgan fingerprint density at radius 2 is 2.04 bits per heavy atom. The summed E-state index contributed by atoms with van der Waals surface area (Å²) in [6.07, 6.45) is 0. The quantitative estimate of drug-likeness (QED) is 0.380. The van der Waals surface area contributed by atoms with Crippen LogP contribution in [0.1, 0.15) is 17.3 Å². The van der Waals surface area contributed by atoms with E-state index in [1.54, 1.807) is 19.1 Å². The van der Waals surface area contributed by atoms with Gasteiger partial charge in [0.15, 0.2) is 0 Å². The van der Waals surface area contributed by atoms with Gasteiger partial charge in [0.2, 0.25) is 0 Å². The minimum atomic E-state index is -0.537. The molecule has 24 heavy (non-hydrogen) atoms. The van der Waals surface area contributed by atoms with Gasteiger partial charge in [0, 0.05) is 15.7 Å². The molecular formula is C15H13ClIN3O4. The zero-order valence-corrected chi connectivity index (χ0v) is 15.4. The molecule has 0 atom stereocenters. The maximum absolute atomic E-state index is 12.2. The van der Waals surface area contributed by atoms with Crippen LogP contribution in [0.15, 0.2) is 36.4 Å². The number of rotatable bonds is 6. The summed E-state index contributed by atoms with van der Waals surface area (Å²) in [5.41, 5.74) is 3.10. The molecule has 0 saturated carbocycles. The lowest BCUT2D eigenvalue weighted by Gasteiger charge is -2.13. The number of carbonyl (C=O) groups excluding carboxylic acids is 1. The number of anilines is 2. The molecular weight excluding hydrogens is 449 g/mol. The number of halogens is 2. The van der Waals surface area contributed by atoms with Crippen molar-refractivity contribution in [3.63, 3.8) is 0 Å². The van der Waals surface area contributed by atoms with E-state index < -0.39 is 10.8 Å². The minimum Gasteiger partial charge on any atom is -0.353 e. The van der Waals surface area contributed by atoms with Crippen LogP contribution >= 0.6 is 34.2 Å². The standard InChI is InChI=1S/C15H13ClIN3O4/c1-2-24-19-15(21)11-5-4-10(20(22)23)8-14(11)18-13-6-3-9(17)7-12(13)16/h3-8,18H,2H2,1H3,(H,19,21). The van der Waals surface area contributed by atoms with Gasteiger partial charge < -0.3 is 5.32 Å². The molecule has 2 aromatic carbocycles. The molecule has 0 fully saturated rings. The van der Waals surface area contributed by atoms with Gasteiger partial charge >= 0.3 is 0 Å². The lowest BCUT2D eigenvalue weighted by atomic mass is 10.1. The van der Waals surface area contributed by atoms with Crippen molar-refractivity contribution in [3.05, 3.63) is 60.7 Å². The molecule has 0 radical (unpaired) electrons. The maximum atomic E-state index is 12.2. The smallest absolute Gasteiger partial charge is 0.276 e. The third-order valence-electron chi connectivity index (χ3n) is 2.97. The van der Waals surface area contributed by atoms with Gasteiger partial charge in [0.1, 0.15) is 0 Å². The Bertz CT molecular complexity index is 785. The Morgan fingerprint density at radius 3 is 2.67 bits per heavy atom. The summed E-state index contributed by atoms with van der Waals surface area (Å²) in [6.45, 7) is 2.02. The number of benzene rings is 2. The molecule has 0 aliphatic rings. The van der Waals surface area contributed by atoms with Crippen molar-refractivity contribution in [1.29, 1.82) is 0 Å². The third-order valence-corrected chi connectivity index (χ3v) is 3.95. The molecule has 7 nitrogen and oxygen atoms in total. The van der Waals surface area contributed by atoms with Gasteiger partial charge in [0.25, 0.3) is 11.6 Å².